The predicted octanol–water partition coefficient (Wildman–Crippen LogP) is 5.28. The minimum Gasteiger partial charge on any atom is -0.346 e. The Morgan fingerprint density at radius 2 is 1.71 bits per heavy atom. The van der Waals surface area contributed by atoms with Crippen molar-refractivity contribution in [1.82, 2.24) is 5.32 Å². The van der Waals surface area contributed by atoms with E-state index in [-0.39, 0.29) is 17.4 Å². The number of nitrogens with one attached hydrogen (secondary N) is 2. The van der Waals surface area contributed by atoms with Crippen LogP contribution in [0, 0.1) is 0 Å². The Morgan fingerprint density at radius 1 is 1.10 bits per heavy atom. The molecule has 1 atom stereocenters. The highest BCUT2D eigenvalue weighted by Gasteiger charge is 2.15. The third-order valence-corrected chi connectivity index (χ3v) is 5.55. The molecule has 2 aromatic carbocycles. The SMILES string of the molecule is C=Cc1cc(C(C)NC(=O)/C(C)=C/c2ccc(C(C)(C)C)cc2)ccc1NS(C)(=O)=O. The maximum Gasteiger partial charge on any atom is 0.247 e. The van der Waals surface area contributed by atoms with Gasteiger partial charge in [-0.15, -0.1) is 0 Å². The van der Waals surface area contributed by atoms with Crippen LogP contribution in [0.4, 0.5) is 5.69 Å². The van der Waals surface area contributed by atoms with Gasteiger partial charge in [-0.05, 0) is 59.7 Å². The largest absolute Gasteiger partial charge is 0.346 e. The van der Waals surface area contributed by atoms with Gasteiger partial charge in [0.2, 0.25) is 15.9 Å². The highest BCUT2D eigenvalue weighted by atomic mass is 32.2. The average Bonchev–Trinajstić information content (AvgIpc) is 2.66. The Hall–Kier alpha value is -2.86. The molecule has 0 aromatic heterocycles. The number of hydrogen-bond donors (Lipinski definition) is 2. The summed E-state index contributed by atoms with van der Waals surface area (Å²) in [7, 11) is -3.39. The van der Waals surface area contributed by atoms with Crippen LogP contribution in [0.25, 0.3) is 12.2 Å². The van der Waals surface area contributed by atoms with E-state index in [1.54, 1.807) is 25.1 Å². The summed E-state index contributed by atoms with van der Waals surface area (Å²) in [6.07, 6.45) is 4.54. The molecule has 6 heteroatoms. The molecule has 5 nitrogen and oxygen atoms in total. The van der Waals surface area contributed by atoms with Crippen LogP contribution in [0.1, 0.15) is 62.9 Å². The smallest absolute Gasteiger partial charge is 0.247 e. The summed E-state index contributed by atoms with van der Waals surface area (Å²) >= 11 is 0. The zero-order valence-corrected chi connectivity index (χ0v) is 19.9. The monoisotopic (exact) mass is 440 g/mol. The number of amides is 1. The van der Waals surface area contributed by atoms with E-state index >= 15 is 0 Å². The van der Waals surface area contributed by atoms with Crippen molar-refractivity contribution in [3.8, 4) is 0 Å². The zero-order chi connectivity index (χ0) is 23.4. The lowest BCUT2D eigenvalue weighted by atomic mass is 9.86. The summed E-state index contributed by atoms with van der Waals surface area (Å²) in [5, 5.41) is 2.99. The first kappa shape index (κ1) is 24.4. The van der Waals surface area contributed by atoms with Gasteiger partial charge in [0.05, 0.1) is 18.0 Å². The van der Waals surface area contributed by atoms with Crippen molar-refractivity contribution < 1.29 is 13.2 Å². The van der Waals surface area contributed by atoms with Gasteiger partial charge >= 0.3 is 0 Å². The highest BCUT2D eigenvalue weighted by molar-refractivity contribution is 7.92. The summed E-state index contributed by atoms with van der Waals surface area (Å²) in [5.74, 6) is -0.161. The second-order valence-corrected chi connectivity index (χ2v) is 10.6. The van der Waals surface area contributed by atoms with Gasteiger partial charge in [-0.1, -0.05) is 63.8 Å². The van der Waals surface area contributed by atoms with Crippen molar-refractivity contribution in [2.75, 3.05) is 11.0 Å². The molecule has 0 spiro atoms. The van der Waals surface area contributed by atoms with E-state index in [4.69, 9.17) is 0 Å². The number of sulfonamides is 1. The summed E-state index contributed by atoms with van der Waals surface area (Å²) in [4.78, 5) is 12.7. The van der Waals surface area contributed by atoms with Gasteiger partial charge in [0, 0.05) is 5.57 Å². The third kappa shape index (κ3) is 7.10. The standard InChI is InChI=1S/C25H32N2O3S/c1-8-20-16-21(11-14-23(20)27-31(7,29)30)18(3)26-24(28)17(2)15-19-9-12-22(13-10-19)25(4,5)6/h8-16,18,27H,1H2,2-7H3,(H,26,28)/b17-15+. The summed E-state index contributed by atoms with van der Waals surface area (Å²) in [6.45, 7) is 13.9. The Morgan fingerprint density at radius 3 is 2.23 bits per heavy atom. The normalized spacial score (nSPS) is 13.4. The number of carbonyl (C=O) groups excluding carboxylic acids is 1. The molecule has 0 saturated carbocycles. The van der Waals surface area contributed by atoms with E-state index in [0.29, 0.717) is 16.8 Å². The lowest BCUT2D eigenvalue weighted by molar-refractivity contribution is -0.118. The molecular weight excluding hydrogens is 408 g/mol. The van der Waals surface area contributed by atoms with Gasteiger partial charge < -0.3 is 5.32 Å². The number of benzene rings is 2. The summed E-state index contributed by atoms with van der Waals surface area (Å²) in [6, 6.07) is 13.2. The lowest BCUT2D eigenvalue weighted by Gasteiger charge is -2.19. The van der Waals surface area contributed by atoms with Crippen LogP contribution in [0.2, 0.25) is 0 Å². The molecule has 31 heavy (non-hydrogen) atoms. The molecule has 2 N–H and O–H groups in total. The average molecular weight is 441 g/mol. The van der Waals surface area contributed by atoms with E-state index in [2.05, 4.69) is 49.5 Å². The van der Waals surface area contributed by atoms with Crippen molar-refractivity contribution >= 4 is 33.8 Å². The maximum atomic E-state index is 12.7. The molecule has 1 amide bonds. The van der Waals surface area contributed by atoms with E-state index in [0.717, 1.165) is 17.4 Å². The molecule has 0 radical (unpaired) electrons. The fourth-order valence-electron chi connectivity index (χ4n) is 3.10. The van der Waals surface area contributed by atoms with Gasteiger partial charge in [0.15, 0.2) is 0 Å². The first-order valence-electron chi connectivity index (χ1n) is 10.1. The highest BCUT2D eigenvalue weighted by Crippen LogP contribution is 2.25. The summed E-state index contributed by atoms with van der Waals surface area (Å²) < 4.78 is 25.5. The lowest BCUT2D eigenvalue weighted by Crippen LogP contribution is -2.27. The quantitative estimate of drug-likeness (QED) is 0.575. The minimum absolute atomic E-state index is 0.0841. The Balaban J connectivity index is 2.14. The van der Waals surface area contributed by atoms with Crippen LogP contribution >= 0.6 is 0 Å². The second-order valence-electron chi connectivity index (χ2n) is 8.82. The third-order valence-electron chi connectivity index (χ3n) is 4.96. The summed E-state index contributed by atoms with van der Waals surface area (Å²) in [5.41, 5.74) is 4.86. The number of hydrogen-bond acceptors (Lipinski definition) is 3. The van der Waals surface area contributed by atoms with Gasteiger partial charge in [-0.3, -0.25) is 9.52 Å². The van der Waals surface area contributed by atoms with Crippen molar-refractivity contribution in [1.29, 1.82) is 0 Å². The molecule has 2 aromatic rings. The van der Waals surface area contributed by atoms with E-state index in [1.807, 2.05) is 31.2 Å². The first-order chi connectivity index (χ1) is 14.3. The van der Waals surface area contributed by atoms with Crippen LogP contribution in [0.15, 0.2) is 54.6 Å². The molecule has 0 heterocycles. The molecular formula is C25H32N2O3S. The molecule has 0 bridgehead atoms. The van der Waals surface area contributed by atoms with Crippen molar-refractivity contribution in [2.45, 2.75) is 46.1 Å². The predicted molar refractivity (Wildman–Crippen MR) is 130 cm³/mol. The van der Waals surface area contributed by atoms with Crippen molar-refractivity contribution in [3.63, 3.8) is 0 Å². The van der Waals surface area contributed by atoms with Crippen molar-refractivity contribution in [3.05, 3.63) is 76.9 Å². The fraction of sp³-hybridized carbons (Fsp3) is 0.320. The van der Waals surface area contributed by atoms with E-state index in [9.17, 15) is 13.2 Å². The first-order valence-corrected chi connectivity index (χ1v) is 12.0. The van der Waals surface area contributed by atoms with Crippen LogP contribution in [0.5, 0.6) is 0 Å². The van der Waals surface area contributed by atoms with Gasteiger partial charge in [-0.2, -0.15) is 0 Å². The molecule has 0 fully saturated rings. The van der Waals surface area contributed by atoms with Crippen LogP contribution < -0.4 is 10.0 Å². The molecule has 0 aliphatic heterocycles. The van der Waals surface area contributed by atoms with Crippen LogP contribution in [-0.2, 0) is 20.2 Å². The van der Waals surface area contributed by atoms with Gasteiger partial charge in [-0.25, -0.2) is 8.42 Å². The second kappa shape index (κ2) is 9.52. The van der Waals surface area contributed by atoms with Gasteiger partial charge in [0.1, 0.15) is 0 Å². The van der Waals surface area contributed by atoms with Crippen molar-refractivity contribution in [2.24, 2.45) is 0 Å². The maximum absolute atomic E-state index is 12.7. The number of rotatable bonds is 7. The van der Waals surface area contributed by atoms with Crippen LogP contribution in [-0.4, -0.2) is 20.6 Å². The Kier molecular flexibility index (Phi) is 7.49. The molecule has 1 unspecified atom stereocenters. The van der Waals surface area contributed by atoms with E-state index in [1.165, 1.54) is 5.56 Å². The fourth-order valence-corrected chi connectivity index (χ4v) is 3.69. The Bertz CT molecular complexity index is 1090. The number of carbonyl (C=O) groups is 1. The molecule has 166 valence electrons. The minimum atomic E-state index is -3.39. The van der Waals surface area contributed by atoms with Crippen LogP contribution in [0.3, 0.4) is 0 Å². The Labute approximate surface area is 186 Å². The van der Waals surface area contributed by atoms with E-state index < -0.39 is 10.0 Å². The molecule has 0 aliphatic carbocycles. The zero-order valence-electron chi connectivity index (χ0n) is 19.1. The number of anilines is 1. The molecule has 2 rings (SSSR count). The van der Waals surface area contributed by atoms with Gasteiger partial charge in [0.25, 0.3) is 0 Å². The molecule has 0 aliphatic rings. The molecule has 0 saturated heterocycles. The topological polar surface area (TPSA) is 75.3 Å².